The lowest BCUT2D eigenvalue weighted by molar-refractivity contribution is -0.129. The first-order chi connectivity index (χ1) is 19.6. The molecule has 3 aromatic carbocycles. The Balaban J connectivity index is 1.56. The van der Waals surface area contributed by atoms with Gasteiger partial charge in [-0.1, -0.05) is 24.3 Å². The van der Waals surface area contributed by atoms with Gasteiger partial charge in [0.25, 0.3) is 5.91 Å². The van der Waals surface area contributed by atoms with Gasteiger partial charge in [-0.05, 0) is 67.4 Å². The summed E-state index contributed by atoms with van der Waals surface area (Å²) in [6.07, 6.45) is -0.535. The molecule has 12 heteroatoms. The van der Waals surface area contributed by atoms with Crippen LogP contribution in [0, 0.1) is 11.6 Å². The van der Waals surface area contributed by atoms with Crippen LogP contribution in [0.25, 0.3) is 0 Å². The van der Waals surface area contributed by atoms with Crippen molar-refractivity contribution in [1.29, 1.82) is 0 Å². The van der Waals surface area contributed by atoms with Crippen LogP contribution in [0.3, 0.4) is 0 Å². The normalized spacial score (nSPS) is 18.4. The van der Waals surface area contributed by atoms with E-state index in [9.17, 15) is 22.0 Å². The van der Waals surface area contributed by atoms with E-state index >= 15 is 0 Å². The summed E-state index contributed by atoms with van der Waals surface area (Å²) < 4.78 is 64.6. The Morgan fingerprint density at radius 3 is 2.49 bits per heavy atom. The highest BCUT2D eigenvalue weighted by molar-refractivity contribution is 7.91. The number of benzene rings is 3. The largest absolute Gasteiger partial charge is 0.494 e. The minimum absolute atomic E-state index is 0.0143. The van der Waals surface area contributed by atoms with Gasteiger partial charge >= 0.3 is 0 Å². The molecule has 0 bridgehead atoms. The zero-order valence-electron chi connectivity index (χ0n) is 22.3. The van der Waals surface area contributed by atoms with Crippen molar-refractivity contribution in [2.75, 3.05) is 19.0 Å². The van der Waals surface area contributed by atoms with Crippen molar-refractivity contribution < 1.29 is 36.6 Å². The van der Waals surface area contributed by atoms with E-state index in [1.54, 1.807) is 49.4 Å². The Kier molecular flexibility index (Phi) is 9.69. The number of hydrogen-bond acceptors (Lipinski definition) is 8. The van der Waals surface area contributed by atoms with Crippen LogP contribution in [0.1, 0.15) is 30.9 Å². The van der Waals surface area contributed by atoms with Crippen molar-refractivity contribution in [1.82, 2.24) is 10.9 Å². The number of ether oxygens (including phenoxy) is 2. The summed E-state index contributed by atoms with van der Waals surface area (Å²) in [5.74, 6) is -2.29. The van der Waals surface area contributed by atoms with E-state index in [0.29, 0.717) is 29.9 Å². The Morgan fingerprint density at radius 2 is 1.80 bits per heavy atom. The average molecular weight is 588 g/mol. The number of aliphatic hydroxyl groups excluding tert-OH is 1. The zero-order chi connectivity index (χ0) is 29.5. The van der Waals surface area contributed by atoms with Gasteiger partial charge in [0.1, 0.15) is 11.9 Å². The molecule has 0 saturated carbocycles. The molecule has 0 aliphatic carbocycles. The minimum Gasteiger partial charge on any atom is -0.494 e. The molecule has 0 fully saturated rings. The highest BCUT2D eigenvalue weighted by Crippen LogP contribution is 2.33. The Hall–Kier alpha value is -3.87. The fraction of sp³-hybridized carbons (Fsp3) is 0.310. The molecule has 0 radical (unpaired) electrons. The highest BCUT2D eigenvalue weighted by Gasteiger charge is 2.50. The Morgan fingerprint density at radius 1 is 1.07 bits per heavy atom. The Labute approximate surface area is 237 Å². The third kappa shape index (κ3) is 7.26. The molecule has 0 unspecified atom stereocenters. The van der Waals surface area contributed by atoms with Crippen molar-refractivity contribution in [2.45, 2.75) is 42.8 Å². The van der Waals surface area contributed by atoms with Crippen LogP contribution >= 0.6 is 0 Å². The van der Waals surface area contributed by atoms with Crippen molar-refractivity contribution in [3.05, 3.63) is 95.6 Å². The number of rotatable bonds is 13. The average Bonchev–Trinajstić information content (AvgIpc) is 3.32. The molecule has 4 rings (SSSR count). The molecule has 0 aromatic heterocycles. The van der Waals surface area contributed by atoms with E-state index in [-0.39, 0.29) is 36.1 Å². The molecule has 1 heterocycles. The van der Waals surface area contributed by atoms with Crippen LogP contribution in [0.5, 0.6) is 5.75 Å². The number of amides is 1. The first-order valence-electron chi connectivity index (χ1n) is 13.0. The van der Waals surface area contributed by atoms with E-state index < -0.39 is 39.0 Å². The number of sulfone groups is 1. The van der Waals surface area contributed by atoms with Crippen LogP contribution < -0.4 is 15.6 Å². The number of hydrogen-bond donors (Lipinski definition) is 3. The topological polar surface area (TPSA) is 126 Å². The molecule has 3 aromatic rings. The lowest BCUT2D eigenvalue weighted by Crippen LogP contribution is -2.55. The van der Waals surface area contributed by atoms with Gasteiger partial charge in [-0.15, -0.1) is 0 Å². The lowest BCUT2D eigenvalue weighted by atomic mass is 9.90. The quantitative estimate of drug-likeness (QED) is 0.207. The van der Waals surface area contributed by atoms with Crippen molar-refractivity contribution >= 4 is 21.6 Å². The fourth-order valence-electron chi connectivity index (χ4n) is 4.27. The maximum absolute atomic E-state index is 13.6. The smallest absolute Gasteiger partial charge is 0.266 e. The Bertz CT molecular complexity index is 1490. The van der Waals surface area contributed by atoms with Crippen molar-refractivity contribution in [3.8, 4) is 5.75 Å². The molecule has 0 spiro atoms. The molecule has 2 atom stereocenters. The lowest BCUT2D eigenvalue weighted by Gasteiger charge is -2.28. The molecule has 9 nitrogen and oxygen atoms in total. The summed E-state index contributed by atoms with van der Waals surface area (Å²) in [6.45, 7) is 1.97. The van der Waals surface area contributed by atoms with Gasteiger partial charge < -0.3 is 14.6 Å². The van der Waals surface area contributed by atoms with E-state index in [4.69, 9.17) is 14.6 Å². The van der Waals surface area contributed by atoms with Gasteiger partial charge in [0.15, 0.2) is 27.0 Å². The summed E-state index contributed by atoms with van der Waals surface area (Å²) in [5.41, 5.74) is 4.55. The number of nitrogens with one attached hydrogen (secondary N) is 2. The molecule has 1 amide bonds. The number of carbonyl (C=O) groups excluding carboxylic acids is 1. The van der Waals surface area contributed by atoms with Crippen LogP contribution in [0.2, 0.25) is 0 Å². The predicted molar refractivity (Wildman–Crippen MR) is 148 cm³/mol. The number of halogens is 2. The molecular weight excluding hydrogens is 556 g/mol. The molecule has 0 saturated heterocycles. The van der Waals surface area contributed by atoms with Gasteiger partial charge in [0.05, 0.1) is 17.3 Å². The summed E-state index contributed by atoms with van der Waals surface area (Å²) in [6, 6.07) is 18.1. The second-order valence-electron chi connectivity index (χ2n) is 9.49. The van der Waals surface area contributed by atoms with Gasteiger partial charge in [0.2, 0.25) is 5.90 Å². The molecule has 3 N–H and O–H groups in total. The number of hydrazine groups is 1. The molecule has 1 aliphatic rings. The maximum Gasteiger partial charge on any atom is 0.266 e. The second-order valence-corrected chi connectivity index (χ2v) is 11.6. The second kappa shape index (κ2) is 13.2. The van der Waals surface area contributed by atoms with E-state index in [0.717, 1.165) is 12.1 Å². The highest BCUT2D eigenvalue weighted by atomic mass is 32.2. The fourth-order valence-corrected chi connectivity index (χ4v) is 5.66. The SMILES string of the molecule is C[C@@H]1OC(c2ccc(OCCCO)cc2)=N[C@]1(CCS(=O)(=O)c1ccccc1)C(=O)NNCc1ccc(F)c(F)c1. The van der Waals surface area contributed by atoms with Crippen LogP contribution in [0.15, 0.2) is 82.7 Å². The molecule has 1 aliphatic heterocycles. The predicted octanol–water partition coefficient (Wildman–Crippen LogP) is 3.32. The molecule has 41 heavy (non-hydrogen) atoms. The minimum atomic E-state index is -3.75. The summed E-state index contributed by atoms with van der Waals surface area (Å²) in [7, 11) is -3.75. The van der Waals surface area contributed by atoms with E-state index in [2.05, 4.69) is 15.8 Å². The van der Waals surface area contributed by atoms with Gasteiger partial charge in [-0.3, -0.25) is 10.2 Å². The zero-order valence-corrected chi connectivity index (χ0v) is 23.2. The summed E-state index contributed by atoms with van der Waals surface area (Å²) in [4.78, 5) is 18.3. The van der Waals surface area contributed by atoms with Crippen LogP contribution in [0.4, 0.5) is 8.78 Å². The number of aliphatic hydroxyl groups is 1. The van der Waals surface area contributed by atoms with Gasteiger partial charge in [0, 0.05) is 25.1 Å². The monoisotopic (exact) mass is 587 g/mol. The first kappa shape index (κ1) is 30.1. The van der Waals surface area contributed by atoms with Crippen molar-refractivity contribution in [2.24, 2.45) is 4.99 Å². The summed E-state index contributed by atoms with van der Waals surface area (Å²) in [5, 5.41) is 8.93. The standard InChI is InChI=1S/C29H31F2N3O6S/c1-20-29(14-17-41(37,38)24-6-3-2-4-7-24,28(36)34-32-19-21-8-13-25(30)26(31)18-21)33-27(40-20)22-9-11-23(12-10-22)39-16-5-15-35/h2-4,6-13,18,20,32,35H,5,14-17,19H2,1H3,(H,34,36)/t20-,29-/m0/s1. The van der Waals surface area contributed by atoms with Gasteiger partial charge in [-0.2, -0.15) is 0 Å². The van der Waals surface area contributed by atoms with E-state index in [1.807, 2.05) is 0 Å². The first-order valence-corrected chi connectivity index (χ1v) is 14.7. The number of aliphatic imine (C=N–C) groups is 1. The number of carbonyl (C=O) groups is 1. The van der Waals surface area contributed by atoms with E-state index in [1.165, 1.54) is 18.2 Å². The van der Waals surface area contributed by atoms with Crippen LogP contribution in [-0.2, 0) is 25.9 Å². The molecular formula is C29H31F2N3O6S. The maximum atomic E-state index is 13.6. The third-order valence-electron chi connectivity index (χ3n) is 6.66. The van der Waals surface area contributed by atoms with Crippen LogP contribution in [-0.4, -0.2) is 55.9 Å². The molecule has 218 valence electrons. The third-order valence-corrected chi connectivity index (χ3v) is 8.39. The summed E-state index contributed by atoms with van der Waals surface area (Å²) >= 11 is 0. The van der Waals surface area contributed by atoms with Crippen molar-refractivity contribution in [3.63, 3.8) is 0 Å². The van der Waals surface area contributed by atoms with Gasteiger partial charge in [-0.25, -0.2) is 27.6 Å². The number of nitrogens with zero attached hydrogens (tertiary/aromatic N) is 1.